The molecule has 3 aromatic rings. The zero-order chi connectivity index (χ0) is 29.2. The number of carbonyl (C=O) groups excluding carboxylic acids is 2. The number of carbonyl (C=O) groups is 2. The first-order valence-electron chi connectivity index (χ1n) is 13.7. The topological polar surface area (TPSA) is 81.0 Å². The van der Waals surface area contributed by atoms with Crippen molar-refractivity contribution in [2.75, 3.05) is 18.4 Å². The molecule has 0 radical (unpaired) electrons. The van der Waals surface area contributed by atoms with Gasteiger partial charge in [0.1, 0.15) is 28.6 Å². The van der Waals surface area contributed by atoms with Gasteiger partial charge in [0.2, 0.25) is 11.7 Å². The fourth-order valence-electron chi connectivity index (χ4n) is 6.25. The van der Waals surface area contributed by atoms with E-state index in [2.05, 4.69) is 5.32 Å². The summed E-state index contributed by atoms with van der Waals surface area (Å²) in [6.45, 7) is 6.57. The number of piperidine rings is 1. The second-order valence-corrected chi connectivity index (χ2v) is 11.9. The second-order valence-electron chi connectivity index (χ2n) is 11.9. The summed E-state index contributed by atoms with van der Waals surface area (Å²) in [5.74, 6) is -0.819. The number of fused-ring (bicyclic) bond motifs is 4. The van der Waals surface area contributed by atoms with Gasteiger partial charge in [0.15, 0.2) is 0 Å². The summed E-state index contributed by atoms with van der Waals surface area (Å²) in [7, 11) is 0. The SMILES string of the molecule is CC(C)(C)OC(=O)N1CCCC(c2ccc3c(c2)C2(C(=O)Nc4ccccc42)C(Cc2ccc(C(F)(F)F)o2)O3)C1. The highest BCUT2D eigenvalue weighted by Crippen LogP contribution is 2.54. The molecule has 216 valence electrons. The van der Waals surface area contributed by atoms with Crippen molar-refractivity contribution >= 4 is 17.7 Å². The Bertz CT molecular complexity index is 1510. The van der Waals surface area contributed by atoms with Gasteiger partial charge < -0.3 is 24.1 Å². The Hall–Kier alpha value is -3.95. The van der Waals surface area contributed by atoms with Crippen molar-refractivity contribution < 1.29 is 36.7 Å². The molecule has 3 aliphatic rings. The van der Waals surface area contributed by atoms with Crippen LogP contribution in [0.15, 0.2) is 59.0 Å². The maximum absolute atomic E-state index is 13.9. The van der Waals surface area contributed by atoms with Crippen molar-refractivity contribution in [2.24, 2.45) is 0 Å². The van der Waals surface area contributed by atoms with Crippen molar-refractivity contribution in [1.82, 2.24) is 4.90 Å². The van der Waals surface area contributed by atoms with Gasteiger partial charge in [0, 0.05) is 36.7 Å². The number of para-hydroxylation sites is 1. The molecular formula is C31H31F3N2O5. The predicted octanol–water partition coefficient (Wildman–Crippen LogP) is 6.65. The zero-order valence-corrected chi connectivity index (χ0v) is 23.0. The van der Waals surface area contributed by atoms with Crippen molar-refractivity contribution in [1.29, 1.82) is 0 Å². The van der Waals surface area contributed by atoms with Crippen LogP contribution in [-0.4, -0.2) is 41.7 Å². The molecule has 0 aliphatic carbocycles. The van der Waals surface area contributed by atoms with Crippen molar-refractivity contribution in [3.05, 3.63) is 82.8 Å². The van der Waals surface area contributed by atoms with Gasteiger partial charge in [-0.15, -0.1) is 0 Å². The molecule has 3 atom stereocenters. The summed E-state index contributed by atoms with van der Waals surface area (Å²) in [6.07, 6.45) is -4.20. The second kappa shape index (κ2) is 9.56. The molecule has 1 spiro atoms. The van der Waals surface area contributed by atoms with E-state index in [9.17, 15) is 22.8 Å². The monoisotopic (exact) mass is 568 g/mol. The molecule has 1 N–H and O–H groups in total. The Kier molecular flexibility index (Phi) is 6.35. The highest BCUT2D eigenvalue weighted by atomic mass is 19.4. The van der Waals surface area contributed by atoms with E-state index in [-0.39, 0.29) is 30.1 Å². The van der Waals surface area contributed by atoms with Crippen LogP contribution in [-0.2, 0) is 27.5 Å². The number of hydrogen-bond acceptors (Lipinski definition) is 5. The van der Waals surface area contributed by atoms with Gasteiger partial charge >= 0.3 is 12.3 Å². The molecule has 0 saturated carbocycles. The first-order chi connectivity index (χ1) is 19.4. The van der Waals surface area contributed by atoms with Gasteiger partial charge in [0.25, 0.3) is 0 Å². The Morgan fingerprint density at radius 1 is 1.10 bits per heavy atom. The molecule has 3 unspecified atom stereocenters. The van der Waals surface area contributed by atoms with E-state index in [1.54, 1.807) is 11.0 Å². The summed E-state index contributed by atoms with van der Waals surface area (Å²) in [4.78, 5) is 28.4. The summed E-state index contributed by atoms with van der Waals surface area (Å²) in [6, 6.07) is 15.2. The largest absolute Gasteiger partial charge is 0.488 e. The molecule has 1 aromatic heterocycles. The molecule has 2 amide bonds. The molecule has 3 aliphatic heterocycles. The van der Waals surface area contributed by atoms with E-state index in [0.29, 0.717) is 35.7 Å². The van der Waals surface area contributed by atoms with Crippen LogP contribution in [0.4, 0.5) is 23.7 Å². The highest BCUT2D eigenvalue weighted by Gasteiger charge is 2.60. The van der Waals surface area contributed by atoms with Gasteiger partial charge in [-0.25, -0.2) is 4.79 Å². The average molecular weight is 569 g/mol. The van der Waals surface area contributed by atoms with Crippen molar-refractivity contribution in [3.63, 3.8) is 0 Å². The van der Waals surface area contributed by atoms with Crippen molar-refractivity contribution in [3.8, 4) is 5.75 Å². The predicted molar refractivity (Wildman–Crippen MR) is 144 cm³/mol. The number of hydrogen-bond donors (Lipinski definition) is 1. The maximum Gasteiger partial charge on any atom is 0.449 e. The van der Waals surface area contributed by atoms with Crippen LogP contribution in [0.3, 0.4) is 0 Å². The van der Waals surface area contributed by atoms with Gasteiger partial charge in [-0.1, -0.05) is 30.3 Å². The van der Waals surface area contributed by atoms with Crippen LogP contribution in [0.25, 0.3) is 0 Å². The number of furan rings is 1. The maximum atomic E-state index is 13.9. The summed E-state index contributed by atoms with van der Waals surface area (Å²) >= 11 is 0. The van der Waals surface area contributed by atoms with Crippen LogP contribution in [0.1, 0.15) is 67.7 Å². The first-order valence-corrected chi connectivity index (χ1v) is 13.7. The van der Waals surface area contributed by atoms with Crippen LogP contribution in [0, 0.1) is 0 Å². The Labute approximate surface area is 235 Å². The van der Waals surface area contributed by atoms with Gasteiger partial charge in [-0.3, -0.25) is 4.79 Å². The van der Waals surface area contributed by atoms with E-state index in [4.69, 9.17) is 13.9 Å². The lowest BCUT2D eigenvalue weighted by molar-refractivity contribution is -0.153. The number of likely N-dealkylation sites (tertiary alicyclic amines) is 1. The number of rotatable bonds is 3. The number of alkyl halides is 3. The quantitative estimate of drug-likeness (QED) is 0.383. The number of ether oxygens (including phenoxy) is 2. The molecule has 4 heterocycles. The molecule has 2 aromatic carbocycles. The van der Waals surface area contributed by atoms with Crippen LogP contribution >= 0.6 is 0 Å². The molecule has 1 fully saturated rings. The van der Waals surface area contributed by atoms with Gasteiger partial charge in [-0.05, 0) is 69.0 Å². The Balaban J connectivity index is 1.37. The first kappa shape index (κ1) is 27.2. The zero-order valence-electron chi connectivity index (χ0n) is 23.0. The van der Waals surface area contributed by atoms with E-state index < -0.39 is 29.1 Å². The minimum atomic E-state index is -4.62. The van der Waals surface area contributed by atoms with Crippen LogP contribution in [0.2, 0.25) is 0 Å². The number of nitrogens with zero attached hydrogens (tertiary/aromatic N) is 1. The number of anilines is 1. The minimum Gasteiger partial charge on any atom is -0.488 e. The number of halogens is 3. The normalized spacial score (nSPS) is 23.7. The molecule has 6 rings (SSSR count). The smallest absolute Gasteiger partial charge is 0.449 e. The molecule has 7 nitrogen and oxygen atoms in total. The number of nitrogens with one attached hydrogen (secondary N) is 1. The fraction of sp³-hybridized carbons (Fsp3) is 0.419. The molecule has 41 heavy (non-hydrogen) atoms. The third-order valence-corrected chi connectivity index (χ3v) is 8.01. The Morgan fingerprint density at radius 2 is 1.88 bits per heavy atom. The summed E-state index contributed by atoms with van der Waals surface area (Å²) in [5.41, 5.74) is 1.05. The lowest BCUT2D eigenvalue weighted by atomic mass is 9.70. The number of benzene rings is 2. The van der Waals surface area contributed by atoms with E-state index in [1.807, 2.05) is 57.2 Å². The lowest BCUT2D eigenvalue weighted by Gasteiger charge is -2.34. The van der Waals surface area contributed by atoms with Gasteiger partial charge in [0.05, 0.1) is 0 Å². The minimum absolute atomic E-state index is 0.0109. The Morgan fingerprint density at radius 3 is 2.61 bits per heavy atom. The standard InChI is InChI=1S/C31H31F3N2O5/c1-29(2,3)41-28(38)36-14-6-7-19(17-36)18-10-12-24-22(15-18)30(21-8-4-5-9-23(21)35-27(30)37)26(40-24)16-20-11-13-25(39-20)31(32,33)34/h4-5,8-13,15,19,26H,6-7,14,16-17H2,1-3H3,(H,35,37). The van der Waals surface area contributed by atoms with Crippen LogP contribution < -0.4 is 10.1 Å². The molecule has 0 bridgehead atoms. The fourth-order valence-corrected chi connectivity index (χ4v) is 6.25. The van der Waals surface area contributed by atoms with E-state index >= 15 is 0 Å². The number of amides is 2. The average Bonchev–Trinajstić information content (AvgIpc) is 3.59. The van der Waals surface area contributed by atoms with E-state index in [1.165, 1.54) is 6.07 Å². The lowest BCUT2D eigenvalue weighted by Crippen LogP contribution is -2.46. The molecular weight excluding hydrogens is 537 g/mol. The van der Waals surface area contributed by atoms with Gasteiger partial charge in [-0.2, -0.15) is 13.2 Å². The highest BCUT2D eigenvalue weighted by molar-refractivity contribution is 6.10. The van der Waals surface area contributed by atoms with E-state index in [0.717, 1.165) is 24.5 Å². The third-order valence-electron chi connectivity index (χ3n) is 8.01. The molecule has 1 saturated heterocycles. The third kappa shape index (κ3) is 4.73. The van der Waals surface area contributed by atoms with Crippen LogP contribution in [0.5, 0.6) is 5.75 Å². The molecule has 10 heteroatoms. The van der Waals surface area contributed by atoms with Crippen molar-refractivity contribution in [2.45, 2.75) is 69.2 Å². The summed E-state index contributed by atoms with van der Waals surface area (Å²) in [5, 5.41) is 2.96. The summed E-state index contributed by atoms with van der Waals surface area (Å²) < 4.78 is 56.8.